The van der Waals surface area contributed by atoms with Gasteiger partial charge in [-0.15, -0.1) is 0 Å². The number of carbonyl (C=O) groups excluding carboxylic acids is 1. The van der Waals surface area contributed by atoms with Crippen LogP contribution in [0.2, 0.25) is 0 Å². The number of carbonyl (C=O) groups is 1. The van der Waals surface area contributed by atoms with Crippen LogP contribution in [0.25, 0.3) is 0 Å². The molecule has 0 spiro atoms. The summed E-state index contributed by atoms with van der Waals surface area (Å²) < 4.78 is 5.20. The predicted octanol–water partition coefficient (Wildman–Crippen LogP) is 2.59. The highest BCUT2D eigenvalue weighted by molar-refractivity contribution is 5.76. The molecular weight excluding hydrogens is 252 g/mol. The SMILES string of the molecule is CN(C)c1ccc(CNC(=O)CCc2ccco2)cc1. The first-order chi connectivity index (χ1) is 9.65. The number of benzene rings is 1. The van der Waals surface area contributed by atoms with E-state index in [2.05, 4.69) is 5.32 Å². The second kappa shape index (κ2) is 6.80. The summed E-state index contributed by atoms with van der Waals surface area (Å²) in [6.07, 6.45) is 2.71. The highest BCUT2D eigenvalue weighted by Gasteiger charge is 2.04. The van der Waals surface area contributed by atoms with Gasteiger partial charge in [0.2, 0.25) is 5.91 Å². The van der Waals surface area contributed by atoms with Gasteiger partial charge in [0, 0.05) is 39.2 Å². The number of hydrogen-bond acceptors (Lipinski definition) is 3. The van der Waals surface area contributed by atoms with Crippen molar-refractivity contribution in [3.05, 3.63) is 54.0 Å². The molecule has 1 N–H and O–H groups in total. The van der Waals surface area contributed by atoms with Crippen LogP contribution in [0.5, 0.6) is 0 Å². The molecule has 2 rings (SSSR count). The van der Waals surface area contributed by atoms with E-state index < -0.39 is 0 Å². The molecular formula is C16H20N2O2. The van der Waals surface area contributed by atoms with Crippen molar-refractivity contribution < 1.29 is 9.21 Å². The maximum atomic E-state index is 11.7. The fourth-order valence-electron chi connectivity index (χ4n) is 1.89. The molecule has 1 aromatic heterocycles. The normalized spacial score (nSPS) is 10.3. The smallest absolute Gasteiger partial charge is 0.220 e. The summed E-state index contributed by atoms with van der Waals surface area (Å²) in [6, 6.07) is 11.9. The van der Waals surface area contributed by atoms with E-state index in [1.54, 1.807) is 6.26 Å². The highest BCUT2D eigenvalue weighted by Crippen LogP contribution is 2.12. The zero-order valence-corrected chi connectivity index (χ0v) is 11.9. The maximum absolute atomic E-state index is 11.7. The molecule has 4 nitrogen and oxygen atoms in total. The Bertz CT molecular complexity index is 530. The maximum Gasteiger partial charge on any atom is 0.220 e. The fraction of sp³-hybridized carbons (Fsp3) is 0.312. The van der Waals surface area contributed by atoms with Crippen LogP contribution in [-0.2, 0) is 17.8 Å². The van der Waals surface area contributed by atoms with Gasteiger partial charge in [0.25, 0.3) is 0 Å². The summed E-state index contributed by atoms with van der Waals surface area (Å²) in [5.41, 5.74) is 2.25. The molecule has 0 saturated heterocycles. The molecule has 0 unspecified atom stereocenters. The Labute approximate surface area is 119 Å². The first kappa shape index (κ1) is 14.2. The van der Waals surface area contributed by atoms with Crippen molar-refractivity contribution in [2.24, 2.45) is 0 Å². The van der Waals surface area contributed by atoms with Gasteiger partial charge in [-0.25, -0.2) is 0 Å². The van der Waals surface area contributed by atoms with Crippen molar-refractivity contribution in [2.75, 3.05) is 19.0 Å². The number of furan rings is 1. The van der Waals surface area contributed by atoms with Crippen LogP contribution in [0.15, 0.2) is 47.1 Å². The van der Waals surface area contributed by atoms with Gasteiger partial charge in [0.1, 0.15) is 5.76 Å². The zero-order valence-electron chi connectivity index (χ0n) is 11.9. The fourth-order valence-corrected chi connectivity index (χ4v) is 1.89. The number of aryl methyl sites for hydroxylation is 1. The lowest BCUT2D eigenvalue weighted by molar-refractivity contribution is -0.121. The van der Waals surface area contributed by atoms with Crippen LogP contribution in [0.4, 0.5) is 5.69 Å². The monoisotopic (exact) mass is 272 g/mol. The molecule has 1 aromatic carbocycles. The van der Waals surface area contributed by atoms with E-state index >= 15 is 0 Å². The molecule has 0 radical (unpaired) electrons. The molecule has 1 amide bonds. The summed E-state index contributed by atoms with van der Waals surface area (Å²) in [7, 11) is 4.01. The van der Waals surface area contributed by atoms with Gasteiger partial charge in [0.05, 0.1) is 6.26 Å². The standard InChI is InChI=1S/C16H20N2O2/c1-18(2)14-7-5-13(6-8-14)12-17-16(19)10-9-15-4-3-11-20-15/h3-8,11H,9-10,12H2,1-2H3,(H,17,19). The van der Waals surface area contributed by atoms with E-state index in [1.807, 2.05) is 55.4 Å². The molecule has 0 aliphatic rings. The Morgan fingerprint density at radius 2 is 1.95 bits per heavy atom. The molecule has 4 heteroatoms. The van der Waals surface area contributed by atoms with Crippen molar-refractivity contribution in [1.29, 1.82) is 0 Å². The van der Waals surface area contributed by atoms with E-state index in [4.69, 9.17) is 4.42 Å². The number of nitrogens with one attached hydrogen (secondary N) is 1. The molecule has 106 valence electrons. The lowest BCUT2D eigenvalue weighted by atomic mass is 10.2. The minimum absolute atomic E-state index is 0.0399. The molecule has 1 heterocycles. The van der Waals surface area contributed by atoms with Gasteiger partial charge in [-0.2, -0.15) is 0 Å². The lowest BCUT2D eigenvalue weighted by Crippen LogP contribution is -2.23. The highest BCUT2D eigenvalue weighted by atomic mass is 16.3. The van der Waals surface area contributed by atoms with Crippen molar-refractivity contribution in [1.82, 2.24) is 5.32 Å². The van der Waals surface area contributed by atoms with Crippen molar-refractivity contribution in [3.8, 4) is 0 Å². The van der Waals surface area contributed by atoms with Crippen LogP contribution >= 0.6 is 0 Å². The second-order valence-electron chi connectivity index (χ2n) is 4.92. The topological polar surface area (TPSA) is 45.5 Å². The molecule has 0 atom stereocenters. The third-order valence-corrected chi connectivity index (χ3v) is 3.12. The third-order valence-electron chi connectivity index (χ3n) is 3.12. The first-order valence-corrected chi connectivity index (χ1v) is 6.70. The average Bonchev–Trinajstić information content (AvgIpc) is 2.96. The molecule has 20 heavy (non-hydrogen) atoms. The summed E-state index contributed by atoms with van der Waals surface area (Å²) in [4.78, 5) is 13.8. The molecule has 0 aliphatic heterocycles. The molecule has 2 aromatic rings. The number of hydrogen-bond donors (Lipinski definition) is 1. The van der Waals surface area contributed by atoms with E-state index in [-0.39, 0.29) is 5.91 Å². The lowest BCUT2D eigenvalue weighted by Gasteiger charge is -2.12. The van der Waals surface area contributed by atoms with Gasteiger partial charge >= 0.3 is 0 Å². The zero-order chi connectivity index (χ0) is 14.4. The van der Waals surface area contributed by atoms with E-state index in [9.17, 15) is 4.79 Å². The van der Waals surface area contributed by atoms with Crippen molar-refractivity contribution >= 4 is 11.6 Å². The minimum Gasteiger partial charge on any atom is -0.469 e. The molecule has 0 saturated carbocycles. The Morgan fingerprint density at radius 3 is 2.55 bits per heavy atom. The third kappa shape index (κ3) is 4.16. The molecule has 0 fully saturated rings. The summed E-state index contributed by atoms with van der Waals surface area (Å²) in [5.74, 6) is 0.883. The predicted molar refractivity (Wildman–Crippen MR) is 79.6 cm³/mol. The first-order valence-electron chi connectivity index (χ1n) is 6.70. The Hall–Kier alpha value is -2.23. The van der Waals surface area contributed by atoms with Crippen LogP contribution < -0.4 is 10.2 Å². The Morgan fingerprint density at radius 1 is 1.20 bits per heavy atom. The summed E-state index contributed by atoms with van der Waals surface area (Å²) >= 11 is 0. The van der Waals surface area contributed by atoms with Gasteiger partial charge in [-0.1, -0.05) is 12.1 Å². The Kier molecular flexibility index (Phi) is 4.82. The van der Waals surface area contributed by atoms with Gasteiger partial charge in [-0.3, -0.25) is 4.79 Å². The van der Waals surface area contributed by atoms with E-state index in [0.29, 0.717) is 19.4 Å². The number of rotatable bonds is 6. The van der Waals surface area contributed by atoms with E-state index in [0.717, 1.165) is 17.0 Å². The van der Waals surface area contributed by atoms with Crippen LogP contribution in [0.1, 0.15) is 17.7 Å². The minimum atomic E-state index is 0.0399. The molecule has 0 aliphatic carbocycles. The number of amides is 1. The van der Waals surface area contributed by atoms with E-state index in [1.165, 1.54) is 0 Å². The van der Waals surface area contributed by atoms with Gasteiger partial charge in [0.15, 0.2) is 0 Å². The largest absolute Gasteiger partial charge is 0.469 e. The van der Waals surface area contributed by atoms with Crippen molar-refractivity contribution in [3.63, 3.8) is 0 Å². The van der Waals surface area contributed by atoms with Crippen LogP contribution in [-0.4, -0.2) is 20.0 Å². The molecule has 0 bridgehead atoms. The Balaban J connectivity index is 1.75. The summed E-state index contributed by atoms with van der Waals surface area (Å²) in [5, 5.41) is 2.92. The van der Waals surface area contributed by atoms with Crippen molar-refractivity contribution in [2.45, 2.75) is 19.4 Å². The quantitative estimate of drug-likeness (QED) is 0.879. The van der Waals surface area contributed by atoms with Gasteiger partial charge < -0.3 is 14.6 Å². The number of anilines is 1. The van der Waals surface area contributed by atoms with Crippen LogP contribution in [0, 0.1) is 0 Å². The van der Waals surface area contributed by atoms with Crippen LogP contribution in [0.3, 0.4) is 0 Å². The second-order valence-corrected chi connectivity index (χ2v) is 4.92. The van der Waals surface area contributed by atoms with Gasteiger partial charge in [-0.05, 0) is 29.8 Å². The number of nitrogens with zero attached hydrogens (tertiary/aromatic N) is 1. The summed E-state index contributed by atoms with van der Waals surface area (Å²) in [6.45, 7) is 0.560. The average molecular weight is 272 g/mol.